The van der Waals surface area contributed by atoms with Crippen LogP contribution in [0, 0.1) is 28.5 Å². The van der Waals surface area contributed by atoms with Gasteiger partial charge in [-0.1, -0.05) is 19.1 Å². The van der Waals surface area contributed by atoms with Gasteiger partial charge in [0, 0.05) is 0 Å². The van der Waals surface area contributed by atoms with Crippen LogP contribution in [0.4, 0.5) is 4.39 Å². The quantitative estimate of drug-likeness (QED) is 0.852. The molecular weight excluding hydrogens is 217 g/mol. The van der Waals surface area contributed by atoms with Gasteiger partial charge in [-0.3, -0.25) is 0 Å². The molecule has 0 aliphatic heterocycles. The molecule has 1 saturated carbocycles. The van der Waals surface area contributed by atoms with Crippen LogP contribution >= 0.6 is 0 Å². The molecule has 17 heavy (non-hydrogen) atoms. The van der Waals surface area contributed by atoms with Gasteiger partial charge in [-0.15, -0.1) is 0 Å². The minimum atomic E-state index is -0.895. The summed E-state index contributed by atoms with van der Waals surface area (Å²) in [7, 11) is 0. The molecule has 1 aromatic carbocycles. The highest BCUT2D eigenvalue weighted by Gasteiger charge is 2.44. The summed E-state index contributed by atoms with van der Waals surface area (Å²) in [5.41, 5.74) is -0.242. The van der Waals surface area contributed by atoms with Crippen LogP contribution in [0.25, 0.3) is 0 Å². The number of nitriles is 1. The maximum absolute atomic E-state index is 13.1. The third-order valence-corrected chi connectivity index (χ3v) is 3.71. The highest BCUT2D eigenvalue weighted by molar-refractivity contribution is 5.24. The number of hydrogen-bond donors (Lipinski definition) is 1. The van der Waals surface area contributed by atoms with Gasteiger partial charge in [0.15, 0.2) is 0 Å². The Morgan fingerprint density at radius 2 is 2.35 bits per heavy atom. The lowest BCUT2D eigenvalue weighted by atomic mass is 9.78. The van der Waals surface area contributed by atoms with Crippen LogP contribution in [0.15, 0.2) is 24.3 Å². The highest BCUT2D eigenvalue weighted by atomic mass is 19.1. The minimum absolute atomic E-state index is 0.374. The number of rotatable bonds is 2. The lowest BCUT2D eigenvalue weighted by Crippen LogP contribution is -2.24. The zero-order valence-corrected chi connectivity index (χ0v) is 9.86. The number of nitrogens with zero attached hydrogens (tertiary/aromatic N) is 1. The van der Waals surface area contributed by atoms with Crippen molar-refractivity contribution in [1.82, 2.24) is 0 Å². The molecule has 2 rings (SSSR count). The third-order valence-electron chi connectivity index (χ3n) is 3.71. The van der Waals surface area contributed by atoms with Crippen molar-refractivity contribution in [3.63, 3.8) is 0 Å². The topological polar surface area (TPSA) is 44.0 Å². The van der Waals surface area contributed by atoms with E-state index in [9.17, 15) is 14.8 Å². The summed E-state index contributed by atoms with van der Waals surface area (Å²) in [5.74, 6) is 0.0681. The second-order valence-electron chi connectivity index (χ2n) is 5.07. The Kier molecular flexibility index (Phi) is 3.17. The van der Waals surface area contributed by atoms with E-state index in [1.165, 1.54) is 12.1 Å². The highest BCUT2D eigenvalue weighted by Crippen LogP contribution is 2.49. The van der Waals surface area contributed by atoms with Crippen molar-refractivity contribution in [3.05, 3.63) is 35.6 Å². The summed E-state index contributed by atoms with van der Waals surface area (Å²) in [5, 5.41) is 19.7. The van der Waals surface area contributed by atoms with Crippen molar-refractivity contribution in [2.45, 2.75) is 32.3 Å². The molecule has 0 aromatic heterocycles. The zero-order chi connectivity index (χ0) is 12.5. The lowest BCUT2D eigenvalue weighted by Gasteiger charge is -2.27. The van der Waals surface area contributed by atoms with Gasteiger partial charge in [-0.2, -0.15) is 5.26 Å². The second kappa shape index (κ2) is 4.46. The van der Waals surface area contributed by atoms with Gasteiger partial charge < -0.3 is 5.11 Å². The molecule has 3 heteroatoms. The van der Waals surface area contributed by atoms with Crippen molar-refractivity contribution < 1.29 is 9.50 Å². The molecule has 0 saturated heterocycles. The van der Waals surface area contributed by atoms with E-state index in [-0.39, 0.29) is 5.82 Å². The number of benzene rings is 1. The fourth-order valence-corrected chi connectivity index (χ4v) is 2.74. The average Bonchev–Trinajstić information content (AvgIpc) is 2.71. The molecule has 1 fully saturated rings. The molecule has 2 nitrogen and oxygen atoms in total. The van der Waals surface area contributed by atoms with E-state index >= 15 is 0 Å². The van der Waals surface area contributed by atoms with Gasteiger partial charge in [0.1, 0.15) is 5.82 Å². The predicted molar refractivity (Wildman–Crippen MR) is 62.4 cm³/mol. The Balaban J connectivity index is 2.30. The lowest BCUT2D eigenvalue weighted by molar-refractivity contribution is 0.0644. The Bertz CT molecular complexity index is 454. The fraction of sp³-hybridized carbons (Fsp3) is 0.500. The molecule has 0 bridgehead atoms. The minimum Gasteiger partial charge on any atom is -0.387 e. The number of aliphatic hydroxyl groups is 1. The SMILES string of the molecule is CC1CCC(C#N)(C(O)c2cccc(F)c2)C1. The van der Waals surface area contributed by atoms with E-state index < -0.39 is 11.5 Å². The van der Waals surface area contributed by atoms with Crippen LogP contribution in [-0.2, 0) is 0 Å². The van der Waals surface area contributed by atoms with Gasteiger partial charge >= 0.3 is 0 Å². The molecule has 1 aliphatic rings. The van der Waals surface area contributed by atoms with E-state index in [1.807, 2.05) is 0 Å². The van der Waals surface area contributed by atoms with Crippen LogP contribution in [0.3, 0.4) is 0 Å². The first-order valence-electron chi connectivity index (χ1n) is 5.92. The van der Waals surface area contributed by atoms with Gasteiger partial charge in [0.05, 0.1) is 17.6 Å². The average molecular weight is 233 g/mol. The normalized spacial score (nSPS) is 29.9. The summed E-state index contributed by atoms with van der Waals surface area (Å²) >= 11 is 0. The maximum Gasteiger partial charge on any atom is 0.123 e. The standard InChI is InChI=1S/C14H16FNO/c1-10-5-6-14(8-10,9-16)13(17)11-3-2-4-12(15)7-11/h2-4,7,10,13,17H,5-6,8H2,1H3. The van der Waals surface area contributed by atoms with Gasteiger partial charge in [0.2, 0.25) is 0 Å². The van der Waals surface area contributed by atoms with E-state index in [1.54, 1.807) is 12.1 Å². The van der Waals surface area contributed by atoms with Crippen molar-refractivity contribution in [1.29, 1.82) is 5.26 Å². The first-order chi connectivity index (χ1) is 8.07. The van der Waals surface area contributed by atoms with Crippen LogP contribution < -0.4 is 0 Å². The Morgan fingerprint density at radius 3 is 2.88 bits per heavy atom. The summed E-state index contributed by atoms with van der Waals surface area (Å²) in [6, 6.07) is 8.15. The predicted octanol–water partition coefficient (Wildman–Crippen LogP) is 3.19. The van der Waals surface area contributed by atoms with Gasteiger partial charge in [0.25, 0.3) is 0 Å². The maximum atomic E-state index is 13.1. The molecule has 1 N–H and O–H groups in total. The first kappa shape index (κ1) is 12.1. The second-order valence-corrected chi connectivity index (χ2v) is 5.07. The molecule has 0 amide bonds. The van der Waals surface area contributed by atoms with Crippen molar-refractivity contribution in [3.8, 4) is 6.07 Å². The molecule has 3 atom stereocenters. The Hall–Kier alpha value is -1.40. The van der Waals surface area contributed by atoms with E-state index in [0.717, 1.165) is 6.42 Å². The van der Waals surface area contributed by atoms with E-state index in [0.29, 0.717) is 24.3 Å². The Morgan fingerprint density at radius 1 is 1.59 bits per heavy atom. The molecule has 0 spiro atoms. The molecule has 0 heterocycles. The van der Waals surface area contributed by atoms with Crippen molar-refractivity contribution >= 4 is 0 Å². The van der Waals surface area contributed by atoms with Crippen LogP contribution in [0.2, 0.25) is 0 Å². The van der Waals surface area contributed by atoms with Gasteiger partial charge in [-0.25, -0.2) is 4.39 Å². The third kappa shape index (κ3) is 2.18. The summed E-state index contributed by atoms with van der Waals surface area (Å²) in [6.45, 7) is 2.08. The summed E-state index contributed by atoms with van der Waals surface area (Å²) in [4.78, 5) is 0. The first-order valence-corrected chi connectivity index (χ1v) is 5.92. The van der Waals surface area contributed by atoms with Crippen LogP contribution in [0.1, 0.15) is 37.9 Å². The number of halogens is 1. The van der Waals surface area contributed by atoms with Crippen molar-refractivity contribution in [2.75, 3.05) is 0 Å². The molecular formula is C14H16FNO. The molecule has 90 valence electrons. The van der Waals surface area contributed by atoms with Crippen LogP contribution in [-0.4, -0.2) is 5.11 Å². The molecule has 3 unspecified atom stereocenters. The summed E-state index contributed by atoms with van der Waals surface area (Å²) < 4.78 is 13.1. The largest absolute Gasteiger partial charge is 0.387 e. The monoisotopic (exact) mass is 233 g/mol. The zero-order valence-electron chi connectivity index (χ0n) is 9.86. The smallest absolute Gasteiger partial charge is 0.123 e. The number of aliphatic hydroxyl groups excluding tert-OH is 1. The number of hydrogen-bond acceptors (Lipinski definition) is 2. The molecule has 1 aromatic rings. The van der Waals surface area contributed by atoms with E-state index in [2.05, 4.69) is 13.0 Å². The van der Waals surface area contributed by atoms with Gasteiger partial charge in [-0.05, 0) is 42.9 Å². The molecule has 0 radical (unpaired) electrons. The van der Waals surface area contributed by atoms with E-state index in [4.69, 9.17) is 0 Å². The van der Waals surface area contributed by atoms with Crippen LogP contribution in [0.5, 0.6) is 0 Å². The molecule has 1 aliphatic carbocycles. The summed E-state index contributed by atoms with van der Waals surface area (Å²) in [6.07, 6.45) is 1.41. The van der Waals surface area contributed by atoms with Crippen molar-refractivity contribution in [2.24, 2.45) is 11.3 Å². The fourth-order valence-electron chi connectivity index (χ4n) is 2.74. The Labute approximate surface area is 101 Å².